The quantitative estimate of drug-likeness (QED) is 0.894. The highest BCUT2D eigenvalue weighted by molar-refractivity contribution is 6.31. The molecule has 2 aromatic rings. The number of aryl methyl sites for hydroxylation is 2. The topological polar surface area (TPSA) is 37.8 Å². The second kappa shape index (κ2) is 4.94. The molecule has 0 saturated heterocycles. The van der Waals surface area contributed by atoms with Gasteiger partial charge in [-0.3, -0.25) is 0 Å². The first-order chi connectivity index (χ1) is 8.52. The Balaban J connectivity index is 2.57. The average Bonchev–Trinajstić information content (AvgIpc) is 2.36. The van der Waals surface area contributed by atoms with E-state index in [-0.39, 0.29) is 0 Å². The molecule has 0 atom stereocenters. The number of anilines is 1. The maximum atomic E-state index is 6.14. The molecule has 2 rings (SSSR count). The monoisotopic (exact) mass is 261 g/mol. The van der Waals surface area contributed by atoms with Crippen LogP contribution in [0.5, 0.6) is 0 Å². The van der Waals surface area contributed by atoms with Crippen molar-refractivity contribution in [2.24, 2.45) is 0 Å². The van der Waals surface area contributed by atoms with Crippen LogP contribution in [0.1, 0.15) is 16.8 Å². The van der Waals surface area contributed by atoms with Gasteiger partial charge in [0.25, 0.3) is 0 Å². The van der Waals surface area contributed by atoms with Gasteiger partial charge in [0.05, 0.1) is 0 Å². The number of nitrogens with one attached hydrogen (secondary N) is 1. The van der Waals surface area contributed by atoms with Gasteiger partial charge >= 0.3 is 0 Å². The molecule has 94 valence electrons. The predicted molar refractivity (Wildman–Crippen MR) is 76.2 cm³/mol. The molecule has 0 unspecified atom stereocenters. The summed E-state index contributed by atoms with van der Waals surface area (Å²) >= 11 is 6.14. The van der Waals surface area contributed by atoms with Crippen LogP contribution in [0.4, 0.5) is 5.82 Å². The summed E-state index contributed by atoms with van der Waals surface area (Å²) in [4.78, 5) is 9.02. The van der Waals surface area contributed by atoms with E-state index in [1.165, 1.54) is 0 Å². The number of aromatic nitrogens is 2. The lowest BCUT2D eigenvalue weighted by molar-refractivity contribution is 1.07. The Hall–Kier alpha value is -1.61. The third-order valence-electron chi connectivity index (χ3n) is 3.06. The molecule has 1 N–H and O–H groups in total. The van der Waals surface area contributed by atoms with Crippen LogP contribution in [-0.2, 0) is 0 Å². The van der Waals surface area contributed by atoms with Crippen LogP contribution < -0.4 is 5.32 Å². The number of rotatable bonds is 2. The van der Waals surface area contributed by atoms with Gasteiger partial charge in [0.15, 0.2) is 5.82 Å². The Morgan fingerprint density at radius 1 is 1.11 bits per heavy atom. The molecule has 0 aliphatic heterocycles. The Morgan fingerprint density at radius 3 is 2.44 bits per heavy atom. The first kappa shape index (κ1) is 12.8. The molecule has 3 nitrogen and oxygen atoms in total. The van der Waals surface area contributed by atoms with Crippen molar-refractivity contribution in [2.45, 2.75) is 20.8 Å². The fraction of sp³-hybridized carbons (Fsp3) is 0.286. The number of hydrogen-bond donors (Lipinski definition) is 1. The smallest absolute Gasteiger partial charge is 0.161 e. The van der Waals surface area contributed by atoms with Gasteiger partial charge in [0.2, 0.25) is 0 Å². The minimum absolute atomic E-state index is 0.698. The molecule has 1 aromatic heterocycles. The molecule has 0 saturated carbocycles. The lowest BCUT2D eigenvalue weighted by Crippen LogP contribution is -2.02. The summed E-state index contributed by atoms with van der Waals surface area (Å²) in [6, 6.07) is 5.88. The summed E-state index contributed by atoms with van der Waals surface area (Å²) in [6.07, 6.45) is 0. The Labute approximate surface area is 112 Å². The van der Waals surface area contributed by atoms with Crippen molar-refractivity contribution in [2.75, 3.05) is 12.4 Å². The lowest BCUT2D eigenvalue weighted by Gasteiger charge is -2.10. The Bertz CT molecular complexity index is 594. The van der Waals surface area contributed by atoms with E-state index >= 15 is 0 Å². The van der Waals surface area contributed by atoms with Gasteiger partial charge in [-0.1, -0.05) is 23.7 Å². The van der Waals surface area contributed by atoms with E-state index in [9.17, 15) is 0 Å². The third kappa shape index (κ3) is 2.31. The molecular formula is C14H16ClN3. The van der Waals surface area contributed by atoms with Gasteiger partial charge in [-0.25, -0.2) is 9.97 Å². The molecule has 0 spiro atoms. The number of nitrogens with zero attached hydrogens (tertiary/aromatic N) is 2. The Kier molecular flexibility index (Phi) is 3.53. The van der Waals surface area contributed by atoms with Crippen LogP contribution in [0.2, 0.25) is 5.02 Å². The molecule has 0 aliphatic rings. The first-order valence-electron chi connectivity index (χ1n) is 5.82. The van der Waals surface area contributed by atoms with Crippen LogP contribution in [-0.4, -0.2) is 17.0 Å². The standard InChI is InChI=1S/C14H16ClN3/c1-8-5-6-11(7-12(8)15)14-17-10(3)9(2)13(16-4)18-14/h5-7H,1-4H3,(H,16,17,18). The summed E-state index contributed by atoms with van der Waals surface area (Å²) in [7, 11) is 1.86. The SMILES string of the molecule is CNc1nc(-c2ccc(C)c(Cl)c2)nc(C)c1C. The van der Waals surface area contributed by atoms with Crippen molar-refractivity contribution >= 4 is 17.4 Å². The minimum atomic E-state index is 0.698. The van der Waals surface area contributed by atoms with Crippen LogP contribution in [0.3, 0.4) is 0 Å². The third-order valence-corrected chi connectivity index (χ3v) is 3.46. The highest BCUT2D eigenvalue weighted by Crippen LogP contribution is 2.25. The van der Waals surface area contributed by atoms with Gasteiger partial charge in [-0.05, 0) is 32.4 Å². The van der Waals surface area contributed by atoms with Crippen LogP contribution in [0, 0.1) is 20.8 Å². The van der Waals surface area contributed by atoms with Crippen molar-refractivity contribution in [3.63, 3.8) is 0 Å². The lowest BCUT2D eigenvalue weighted by atomic mass is 10.1. The zero-order chi connectivity index (χ0) is 13.3. The molecule has 0 bridgehead atoms. The molecule has 4 heteroatoms. The largest absolute Gasteiger partial charge is 0.373 e. The van der Waals surface area contributed by atoms with Crippen molar-refractivity contribution in [1.29, 1.82) is 0 Å². The summed E-state index contributed by atoms with van der Waals surface area (Å²) in [6.45, 7) is 5.97. The summed E-state index contributed by atoms with van der Waals surface area (Å²) in [5, 5.41) is 3.82. The zero-order valence-corrected chi connectivity index (χ0v) is 11.8. The maximum absolute atomic E-state index is 6.14. The number of benzene rings is 1. The second-order valence-corrected chi connectivity index (χ2v) is 4.73. The maximum Gasteiger partial charge on any atom is 0.161 e. The van der Waals surface area contributed by atoms with Gasteiger partial charge in [0.1, 0.15) is 5.82 Å². The van der Waals surface area contributed by atoms with E-state index in [1.807, 2.05) is 46.0 Å². The van der Waals surface area contributed by atoms with Crippen molar-refractivity contribution < 1.29 is 0 Å². The molecular weight excluding hydrogens is 246 g/mol. The molecule has 1 heterocycles. The predicted octanol–water partition coefficient (Wildman–Crippen LogP) is 3.76. The fourth-order valence-corrected chi connectivity index (χ4v) is 1.91. The number of halogens is 1. The Morgan fingerprint density at radius 2 is 1.83 bits per heavy atom. The van der Waals surface area contributed by atoms with Crippen molar-refractivity contribution in [1.82, 2.24) is 9.97 Å². The van der Waals surface area contributed by atoms with E-state index in [0.29, 0.717) is 5.82 Å². The van der Waals surface area contributed by atoms with E-state index < -0.39 is 0 Å². The van der Waals surface area contributed by atoms with E-state index in [4.69, 9.17) is 11.6 Å². The average molecular weight is 262 g/mol. The summed E-state index contributed by atoms with van der Waals surface area (Å²) < 4.78 is 0. The van der Waals surface area contributed by atoms with E-state index in [2.05, 4.69) is 15.3 Å². The number of hydrogen-bond acceptors (Lipinski definition) is 3. The first-order valence-corrected chi connectivity index (χ1v) is 6.20. The second-order valence-electron chi connectivity index (χ2n) is 4.32. The normalized spacial score (nSPS) is 10.5. The van der Waals surface area contributed by atoms with Crippen LogP contribution in [0.25, 0.3) is 11.4 Å². The summed E-state index contributed by atoms with van der Waals surface area (Å²) in [5.41, 5.74) is 4.03. The molecule has 1 aromatic carbocycles. The highest BCUT2D eigenvalue weighted by Gasteiger charge is 2.09. The van der Waals surface area contributed by atoms with Crippen LogP contribution in [0.15, 0.2) is 18.2 Å². The fourth-order valence-electron chi connectivity index (χ4n) is 1.73. The summed E-state index contributed by atoms with van der Waals surface area (Å²) in [5.74, 6) is 1.55. The molecule has 0 radical (unpaired) electrons. The molecule has 0 amide bonds. The van der Waals surface area contributed by atoms with E-state index in [0.717, 1.165) is 33.2 Å². The molecule has 18 heavy (non-hydrogen) atoms. The van der Waals surface area contributed by atoms with E-state index in [1.54, 1.807) is 0 Å². The molecule has 0 fully saturated rings. The van der Waals surface area contributed by atoms with Gasteiger partial charge in [0, 0.05) is 28.9 Å². The zero-order valence-electron chi connectivity index (χ0n) is 11.0. The van der Waals surface area contributed by atoms with Gasteiger partial charge in [-0.2, -0.15) is 0 Å². The van der Waals surface area contributed by atoms with Crippen molar-refractivity contribution in [3.8, 4) is 11.4 Å². The van der Waals surface area contributed by atoms with Gasteiger partial charge in [-0.15, -0.1) is 0 Å². The molecule has 0 aliphatic carbocycles. The van der Waals surface area contributed by atoms with Gasteiger partial charge < -0.3 is 5.32 Å². The minimum Gasteiger partial charge on any atom is -0.373 e. The van der Waals surface area contributed by atoms with Crippen LogP contribution >= 0.6 is 11.6 Å². The highest BCUT2D eigenvalue weighted by atomic mass is 35.5. The van der Waals surface area contributed by atoms with Crippen molar-refractivity contribution in [3.05, 3.63) is 40.0 Å².